The van der Waals surface area contributed by atoms with Gasteiger partial charge in [-0.05, 0) is 30.5 Å². The Morgan fingerprint density at radius 2 is 1.61 bits per heavy atom. The molecule has 0 aliphatic carbocycles. The lowest BCUT2D eigenvalue weighted by atomic mass is 9.90. The van der Waals surface area contributed by atoms with Gasteiger partial charge in [0.1, 0.15) is 5.56 Å². The van der Waals surface area contributed by atoms with E-state index in [4.69, 9.17) is 4.84 Å². The molecule has 4 rings (SSSR count). The van der Waals surface area contributed by atoms with Crippen LogP contribution in [0.15, 0.2) is 47.3 Å². The van der Waals surface area contributed by atoms with Gasteiger partial charge in [-0.2, -0.15) is 5.06 Å². The van der Waals surface area contributed by atoms with Crippen molar-refractivity contribution in [3.63, 3.8) is 0 Å². The molecule has 0 bridgehead atoms. The highest BCUT2D eigenvalue weighted by atomic mass is 16.7. The fourth-order valence-corrected chi connectivity index (χ4v) is 4.10. The molecule has 1 aromatic heterocycles. The van der Waals surface area contributed by atoms with Gasteiger partial charge < -0.3 is 9.94 Å². The Bertz CT molecular complexity index is 1070. The van der Waals surface area contributed by atoms with E-state index in [0.29, 0.717) is 31.7 Å². The van der Waals surface area contributed by atoms with Crippen molar-refractivity contribution in [2.45, 2.75) is 26.9 Å². The fraction of sp³-hybridized carbons (Fsp3) is 0.318. The molecule has 0 saturated heterocycles. The Labute approximate surface area is 164 Å². The fourth-order valence-electron chi connectivity index (χ4n) is 4.10. The van der Waals surface area contributed by atoms with Gasteiger partial charge in [0, 0.05) is 18.7 Å². The van der Waals surface area contributed by atoms with Gasteiger partial charge in [-0.3, -0.25) is 4.79 Å². The van der Waals surface area contributed by atoms with Crippen molar-refractivity contribution in [1.82, 2.24) is 14.4 Å². The molecule has 0 amide bonds. The minimum absolute atomic E-state index is 0.0205. The van der Waals surface area contributed by atoms with Gasteiger partial charge in [0.05, 0.1) is 20.2 Å². The maximum absolute atomic E-state index is 13.3. The van der Waals surface area contributed by atoms with Crippen molar-refractivity contribution < 1.29 is 9.94 Å². The summed E-state index contributed by atoms with van der Waals surface area (Å²) in [4.78, 5) is 18.6. The molecule has 2 heterocycles. The van der Waals surface area contributed by atoms with Crippen LogP contribution in [0.25, 0.3) is 22.3 Å². The van der Waals surface area contributed by atoms with Crippen LogP contribution >= 0.6 is 0 Å². The number of benzene rings is 2. The van der Waals surface area contributed by atoms with Gasteiger partial charge in [-0.25, -0.2) is 9.36 Å². The summed E-state index contributed by atoms with van der Waals surface area (Å²) < 4.78 is 3.29. The van der Waals surface area contributed by atoms with E-state index in [0.717, 1.165) is 27.8 Å². The number of hydrogen-bond acceptors (Lipinski definition) is 4. The zero-order valence-corrected chi connectivity index (χ0v) is 16.5. The van der Waals surface area contributed by atoms with Crippen LogP contribution in [0.2, 0.25) is 0 Å². The highest BCUT2D eigenvalue weighted by molar-refractivity contribution is 5.87. The van der Waals surface area contributed by atoms with Gasteiger partial charge >= 0.3 is 0 Å². The van der Waals surface area contributed by atoms with Crippen LogP contribution in [0.5, 0.6) is 5.88 Å². The molecule has 28 heavy (non-hydrogen) atoms. The number of rotatable bonds is 3. The minimum atomic E-state index is -0.167. The molecule has 2 aromatic carbocycles. The van der Waals surface area contributed by atoms with E-state index in [2.05, 4.69) is 12.1 Å². The van der Waals surface area contributed by atoms with Crippen molar-refractivity contribution in [3.8, 4) is 28.1 Å². The normalized spacial score (nSPS) is 14.7. The van der Waals surface area contributed by atoms with E-state index in [-0.39, 0.29) is 11.4 Å². The van der Waals surface area contributed by atoms with Crippen molar-refractivity contribution in [1.29, 1.82) is 0 Å². The van der Waals surface area contributed by atoms with E-state index in [1.165, 1.54) is 0 Å². The molecular weight excluding hydrogens is 354 g/mol. The second-order valence-electron chi connectivity index (χ2n) is 7.23. The first-order valence-corrected chi connectivity index (χ1v) is 9.50. The number of aromatic hydroxyl groups is 1. The number of hydroxylamine groups is 2. The summed E-state index contributed by atoms with van der Waals surface area (Å²) in [6.07, 6.45) is 0. The van der Waals surface area contributed by atoms with E-state index < -0.39 is 0 Å². The smallest absolute Gasteiger partial charge is 0.278 e. The summed E-state index contributed by atoms with van der Waals surface area (Å²) in [5, 5.41) is 12.8. The highest BCUT2D eigenvalue weighted by Crippen LogP contribution is 2.38. The largest absolute Gasteiger partial charge is 0.493 e. The number of aryl methyl sites for hydroxylation is 2. The quantitative estimate of drug-likeness (QED) is 0.759. The second-order valence-corrected chi connectivity index (χ2v) is 7.23. The van der Waals surface area contributed by atoms with E-state index in [1.54, 1.807) is 21.5 Å². The standard InChI is InChI=1S/C22H25N3O3/c1-15-13-16(2)19(18(14-15)17-7-5-4-6-8-17)20-21(26)24-11-9-23(28-3)10-12-25(24)22(20)27/h4-8,13-14,26H,9-12H2,1-3H3. The van der Waals surface area contributed by atoms with Gasteiger partial charge in [0.15, 0.2) is 0 Å². The Kier molecular flexibility index (Phi) is 4.83. The number of fused-ring (bicyclic) bond motifs is 1. The molecule has 1 aliphatic rings. The molecule has 6 heteroatoms. The molecule has 3 aromatic rings. The number of hydrogen-bond donors (Lipinski definition) is 1. The predicted octanol–water partition coefficient (Wildman–Crippen LogP) is 3.18. The lowest BCUT2D eigenvalue weighted by molar-refractivity contribution is -0.130. The maximum atomic E-state index is 13.3. The van der Waals surface area contributed by atoms with Crippen molar-refractivity contribution in [2.75, 3.05) is 20.2 Å². The molecule has 1 aliphatic heterocycles. The number of aromatic nitrogens is 2. The van der Waals surface area contributed by atoms with Crippen LogP contribution in [0.4, 0.5) is 0 Å². The summed E-state index contributed by atoms with van der Waals surface area (Å²) in [6, 6.07) is 14.1. The zero-order chi connectivity index (χ0) is 19.8. The average Bonchev–Trinajstić information content (AvgIpc) is 2.85. The second kappa shape index (κ2) is 7.30. The first kappa shape index (κ1) is 18.5. The monoisotopic (exact) mass is 379 g/mol. The average molecular weight is 379 g/mol. The van der Waals surface area contributed by atoms with E-state index >= 15 is 0 Å². The molecular formula is C22H25N3O3. The van der Waals surface area contributed by atoms with E-state index in [9.17, 15) is 9.90 Å². The summed E-state index contributed by atoms with van der Waals surface area (Å²) in [6.45, 7) is 6.19. The van der Waals surface area contributed by atoms with Gasteiger partial charge in [0.25, 0.3) is 5.56 Å². The molecule has 0 radical (unpaired) electrons. The summed E-state index contributed by atoms with van der Waals surface area (Å²) >= 11 is 0. The van der Waals surface area contributed by atoms with Crippen LogP contribution in [0.3, 0.4) is 0 Å². The highest BCUT2D eigenvalue weighted by Gasteiger charge is 2.27. The molecule has 146 valence electrons. The van der Waals surface area contributed by atoms with Crippen LogP contribution in [-0.2, 0) is 17.9 Å². The Hall–Kier alpha value is -2.83. The first-order valence-electron chi connectivity index (χ1n) is 9.50. The lowest BCUT2D eigenvalue weighted by Crippen LogP contribution is -2.27. The zero-order valence-electron chi connectivity index (χ0n) is 16.5. The Morgan fingerprint density at radius 3 is 2.29 bits per heavy atom. The van der Waals surface area contributed by atoms with E-state index in [1.807, 2.05) is 44.2 Å². The van der Waals surface area contributed by atoms with Gasteiger partial charge in [-0.15, -0.1) is 0 Å². The van der Waals surface area contributed by atoms with Crippen molar-refractivity contribution in [3.05, 3.63) is 63.9 Å². The molecule has 0 saturated carbocycles. The third kappa shape index (κ3) is 3.04. The van der Waals surface area contributed by atoms with Crippen molar-refractivity contribution >= 4 is 0 Å². The SMILES string of the molecule is CON1CCn2c(O)c(-c3c(C)cc(C)cc3-c3ccccc3)c(=O)n2CC1. The van der Waals surface area contributed by atoms with Crippen LogP contribution in [-0.4, -0.2) is 39.7 Å². The summed E-state index contributed by atoms with van der Waals surface area (Å²) in [7, 11) is 1.62. The first-order chi connectivity index (χ1) is 13.5. The molecule has 6 nitrogen and oxygen atoms in total. The Balaban J connectivity index is 1.94. The third-order valence-electron chi connectivity index (χ3n) is 5.40. The van der Waals surface area contributed by atoms with Crippen LogP contribution < -0.4 is 5.56 Å². The van der Waals surface area contributed by atoms with Crippen molar-refractivity contribution in [2.24, 2.45) is 0 Å². The summed E-state index contributed by atoms with van der Waals surface area (Å²) in [5.74, 6) is 0.0205. The lowest BCUT2D eigenvalue weighted by Gasteiger charge is -2.16. The maximum Gasteiger partial charge on any atom is 0.278 e. The Morgan fingerprint density at radius 1 is 0.929 bits per heavy atom. The molecule has 0 fully saturated rings. The van der Waals surface area contributed by atoms with Gasteiger partial charge in [-0.1, -0.05) is 48.0 Å². The summed E-state index contributed by atoms with van der Waals surface area (Å²) in [5.41, 5.74) is 5.10. The molecule has 1 N–H and O–H groups in total. The predicted molar refractivity (Wildman–Crippen MR) is 109 cm³/mol. The third-order valence-corrected chi connectivity index (χ3v) is 5.40. The topological polar surface area (TPSA) is 59.6 Å². The molecule has 0 unspecified atom stereocenters. The van der Waals surface area contributed by atoms with Crippen LogP contribution in [0, 0.1) is 13.8 Å². The number of nitrogens with zero attached hydrogens (tertiary/aromatic N) is 3. The minimum Gasteiger partial charge on any atom is -0.493 e. The van der Waals surface area contributed by atoms with Crippen LogP contribution in [0.1, 0.15) is 11.1 Å². The molecule has 0 atom stereocenters. The van der Waals surface area contributed by atoms with Gasteiger partial charge in [0.2, 0.25) is 5.88 Å². The molecule has 0 spiro atoms.